The van der Waals surface area contributed by atoms with Crippen molar-refractivity contribution in [2.75, 3.05) is 4.72 Å². The van der Waals surface area contributed by atoms with Crippen molar-refractivity contribution in [1.29, 1.82) is 0 Å². The van der Waals surface area contributed by atoms with Gasteiger partial charge in [-0.1, -0.05) is 35.4 Å². The van der Waals surface area contributed by atoms with Crippen LogP contribution in [-0.2, 0) is 11.0 Å². The summed E-state index contributed by atoms with van der Waals surface area (Å²) in [5.74, 6) is 0. The standard InChI is InChI=1S/C14H14ClNOS/c1-10-6-8-12(9-7-10)18(17)16-14-5-3-4-13(15)11(14)2/h3-9,16H,1-2H3. The summed E-state index contributed by atoms with van der Waals surface area (Å²) in [6, 6.07) is 13.1. The van der Waals surface area contributed by atoms with E-state index in [9.17, 15) is 4.21 Å². The van der Waals surface area contributed by atoms with Crippen LogP contribution in [0.3, 0.4) is 0 Å². The van der Waals surface area contributed by atoms with Gasteiger partial charge in [-0.2, -0.15) is 0 Å². The normalized spacial score (nSPS) is 12.2. The first-order valence-corrected chi connectivity index (χ1v) is 7.11. The van der Waals surface area contributed by atoms with E-state index in [1.54, 1.807) is 0 Å². The smallest absolute Gasteiger partial charge is 0.150 e. The van der Waals surface area contributed by atoms with Gasteiger partial charge in [0.15, 0.2) is 0 Å². The highest BCUT2D eigenvalue weighted by Gasteiger charge is 2.07. The van der Waals surface area contributed by atoms with Crippen molar-refractivity contribution in [3.05, 3.63) is 58.6 Å². The number of halogens is 1. The van der Waals surface area contributed by atoms with Crippen LogP contribution < -0.4 is 4.72 Å². The van der Waals surface area contributed by atoms with Crippen LogP contribution in [0.15, 0.2) is 47.4 Å². The number of hydrogen-bond acceptors (Lipinski definition) is 1. The number of nitrogens with one attached hydrogen (secondary N) is 1. The summed E-state index contributed by atoms with van der Waals surface area (Å²) in [4.78, 5) is 0.750. The number of benzene rings is 2. The molecule has 0 aliphatic carbocycles. The second-order valence-corrected chi connectivity index (χ2v) is 5.72. The van der Waals surface area contributed by atoms with Crippen molar-refractivity contribution >= 4 is 28.3 Å². The predicted octanol–water partition coefficient (Wildman–Crippen LogP) is 4.09. The first-order valence-electron chi connectivity index (χ1n) is 5.58. The van der Waals surface area contributed by atoms with Crippen LogP contribution in [0.1, 0.15) is 11.1 Å². The SMILES string of the molecule is Cc1ccc(S(=O)Nc2cccc(Cl)c2C)cc1. The Morgan fingerprint density at radius 1 is 1.06 bits per heavy atom. The second-order valence-electron chi connectivity index (χ2n) is 4.10. The summed E-state index contributed by atoms with van der Waals surface area (Å²) in [5, 5.41) is 0.668. The van der Waals surface area contributed by atoms with Gasteiger partial charge in [0.1, 0.15) is 11.0 Å². The molecule has 18 heavy (non-hydrogen) atoms. The van der Waals surface area contributed by atoms with E-state index < -0.39 is 11.0 Å². The Hall–Kier alpha value is -1.32. The molecule has 0 heterocycles. The van der Waals surface area contributed by atoms with E-state index in [-0.39, 0.29) is 0 Å². The van der Waals surface area contributed by atoms with Gasteiger partial charge in [0.25, 0.3) is 0 Å². The molecule has 1 N–H and O–H groups in total. The van der Waals surface area contributed by atoms with Crippen molar-refractivity contribution < 1.29 is 4.21 Å². The Kier molecular flexibility index (Phi) is 4.04. The van der Waals surface area contributed by atoms with Crippen LogP contribution in [0.5, 0.6) is 0 Å². The minimum absolute atomic E-state index is 0.668. The number of anilines is 1. The minimum atomic E-state index is -1.27. The quantitative estimate of drug-likeness (QED) is 0.901. The summed E-state index contributed by atoms with van der Waals surface area (Å²) in [6.07, 6.45) is 0. The Morgan fingerprint density at radius 2 is 1.72 bits per heavy atom. The van der Waals surface area contributed by atoms with E-state index in [4.69, 9.17) is 11.6 Å². The van der Waals surface area contributed by atoms with Crippen molar-refractivity contribution in [3.63, 3.8) is 0 Å². The van der Waals surface area contributed by atoms with Crippen LogP contribution in [0.4, 0.5) is 5.69 Å². The molecule has 4 heteroatoms. The molecule has 2 nitrogen and oxygen atoms in total. The lowest BCUT2D eigenvalue weighted by atomic mass is 10.2. The molecule has 0 saturated carbocycles. The molecule has 2 aromatic carbocycles. The maximum absolute atomic E-state index is 12.1. The van der Waals surface area contributed by atoms with Crippen LogP contribution in [0, 0.1) is 13.8 Å². The van der Waals surface area contributed by atoms with Gasteiger partial charge in [0.05, 0.1) is 10.6 Å². The van der Waals surface area contributed by atoms with Crippen molar-refractivity contribution in [2.45, 2.75) is 18.7 Å². The van der Waals surface area contributed by atoms with E-state index >= 15 is 0 Å². The third-order valence-corrected chi connectivity index (χ3v) is 4.22. The zero-order valence-corrected chi connectivity index (χ0v) is 11.8. The summed E-state index contributed by atoms with van der Waals surface area (Å²) in [5.41, 5.74) is 2.84. The Balaban J connectivity index is 2.21. The monoisotopic (exact) mass is 279 g/mol. The zero-order valence-electron chi connectivity index (χ0n) is 10.2. The van der Waals surface area contributed by atoms with Crippen molar-refractivity contribution in [2.24, 2.45) is 0 Å². The van der Waals surface area contributed by atoms with Crippen LogP contribution in [0.2, 0.25) is 5.02 Å². The largest absolute Gasteiger partial charge is 0.301 e. The molecule has 0 saturated heterocycles. The molecule has 0 aromatic heterocycles. The number of aryl methyl sites for hydroxylation is 1. The lowest BCUT2D eigenvalue weighted by molar-refractivity contribution is 0.686. The van der Waals surface area contributed by atoms with Crippen LogP contribution in [-0.4, -0.2) is 4.21 Å². The Bertz CT molecular complexity index is 581. The average molecular weight is 280 g/mol. The van der Waals surface area contributed by atoms with E-state index in [1.807, 2.05) is 56.3 Å². The summed E-state index contributed by atoms with van der Waals surface area (Å²) in [7, 11) is -1.27. The first kappa shape index (κ1) is 13.1. The maximum atomic E-state index is 12.1. The highest BCUT2D eigenvalue weighted by atomic mass is 35.5. The summed E-state index contributed by atoms with van der Waals surface area (Å²) in [6.45, 7) is 3.90. The topological polar surface area (TPSA) is 29.1 Å². The van der Waals surface area contributed by atoms with Gasteiger partial charge in [-0.25, -0.2) is 4.21 Å². The fourth-order valence-corrected chi connectivity index (χ4v) is 2.64. The molecule has 2 aromatic rings. The molecule has 94 valence electrons. The molecule has 0 radical (unpaired) electrons. The number of rotatable bonds is 3. The van der Waals surface area contributed by atoms with Gasteiger partial charge in [0, 0.05) is 5.02 Å². The van der Waals surface area contributed by atoms with Gasteiger partial charge in [-0.15, -0.1) is 0 Å². The molecular weight excluding hydrogens is 266 g/mol. The van der Waals surface area contributed by atoms with E-state index in [0.717, 1.165) is 21.7 Å². The maximum Gasteiger partial charge on any atom is 0.150 e. The molecule has 2 rings (SSSR count). The van der Waals surface area contributed by atoms with Crippen LogP contribution in [0.25, 0.3) is 0 Å². The molecule has 0 bridgehead atoms. The molecule has 1 atom stereocenters. The molecule has 0 fully saturated rings. The molecule has 0 aliphatic heterocycles. The lowest BCUT2D eigenvalue weighted by Gasteiger charge is -2.10. The third-order valence-electron chi connectivity index (χ3n) is 2.71. The van der Waals surface area contributed by atoms with Gasteiger partial charge < -0.3 is 4.72 Å². The van der Waals surface area contributed by atoms with E-state index in [2.05, 4.69) is 4.72 Å². The summed E-state index contributed by atoms with van der Waals surface area (Å²) < 4.78 is 15.1. The number of hydrogen-bond donors (Lipinski definition) is 1. The first-order chi connectivity index (χ1) is 8.58. The Morgan fingerprint density at radius 3 is 2.39 bits per heavy atom. The average Bonchev–Trinajstić information content (AvgIpc) is 2.36. The molecule has 0 amide bonds. The Labute approximate surface area is 115 Å². The second kappa shape index (κ2) is 5.55. The fraction of sp³-hybridized carbons (Fsp3) is 0.143. The minimum Gasteiger partial charge on any atom is -0.301 e. The van der Waals surface area contributed by atoms with Gasteiger partial charge >= 0.3 is 0 Å². The predicted molar refractivity (Wildman–Crippen MR) is 77.4 cm³/mol. The molecule has 0 aliphatic rings. The molecule has 1 unspecified atom stereocenters. The fourth-order valence-electron chi connectivity index (χ4n) is 1.54. The zero-order chi connectivity index (χ0) is 13.1. The highest BCUT2D eigenvalue weighted by molar-refractivity contribution is 7.86. The molecule has 0 spiro atoms. The van der Waals surface area contributed by atoms with Gasteiger partial charge in [0.2, 0.25) is 0 Å². The van der Waals surface area contributed by atoms with E-state index in [1.165, 1.54) is 0 Å². The van der Waals surface area contributed by atoms with Gasteiger partial charge in [-0.05, 0) is 43.7 Å². The molecular formula is C14H14ClNOS. The van der Waals surface area contributed by atoms with Crippen molar-refractivity contribution in [3.8, 4) is 0 Å². The van der Waals surface area contributed by atoms with Crippen LogP contribution >= 0.6 is 11.6 Å². The third kappa shape index (κ3) is 2.92. The highest BCUT2D eigenvalue weighted by Crippen LogP contribution is 2.24. The lowest BCUT2D eigenvalue weighted by Crippen LogP contribution is -2.06. The van der Waals surface area contributed by atoms with Crippen molar-refractivity contribution in [1.82, 2.24) is 0 Å². The summed E-state index contributed by atoms with van der Waals surface area (Å²) >= 11 is 6.03. The van der Waals surface area contributed by atoms with Gasteiger partial charge in [-0.3, -0.25) is 0 Å². The van der Waals surface area contributed by atoms with E-state index in [0.29, 0.717) is 5.02 Å².